The summed E-state index contributed by atoms with van der Waals surface area (Å²) in [5, 5.41) is 0. The van der Waals surface area contributed by atoms with E-state index in [0.29, 0.717) is 12.3 Å². The van der Waals surface area contributed by atoms with Crippen LogP contribution in [-0.2, 0) is 16.6 Å². The summed E-state index contributed by atoms with van der Waals surface area (Å²) in [6.45, 7) is 3.84. The van der Waals surface area contributed by atoms with E-state index in [2.05, 4.69) is 4.72 Å². The van der Waals surface area contributed by atoms with Crippen molar-refractivity contribution in [2.75, 3.05) is 19.4 Å². The monoisotopic (exact) mass is 274 g/mol. The van der Waals surface area contributed by atoms with Crippen molar-refractivity contribution in [3.63, 3.8) is 0 Å². The Labute approximate surface area is 107 Å². The Balaban J connectivity index is 2.78. The van der Waals surface area contributed by atoms with Crippen LogP contribution in [0.4, 0.5) is 0 Å². The molecule has 0 unspecified atom stereocenters. The van der Waals surface area contributed by atoms with E-state index in [-0.39, 0.29) is 17.9 Å². The predicted octanol–water partition coefficient (Wildman–Crippen LogP) is 0.105. The SMILES string of the molecule is CCS(=O)(=O)NCCn1c(C)cc(OC)cc1=O. The fourth-order valence-corrected chi connectivity index (χ4v) is 2.12. The molecule has 0 aromatic carbocycles. The number of sulfonamides is 1. The van der Waals surface area contributed by atoms with Crippen molar-refractivity contribution >= 4 is 10.0 Å². The third-order valence-electron chi connectivity index (χ3n) is 2.58. The predicted molar refractivity (Wildman–Crippen MR) is 69.5 cm³/mol. The van der Waals surface area contributed by atoms with Gasteiger partial charge in [-0.25, -0.2) is 13.1 Å². The number of ether oxygens (including phenoxy) is 1. The van der Waals surface area contributed by atoms with E-state index in [1.165, 1.54) is 17.7 Å². The first-order chi connectivity index (χ1) is 8.39. The van der Waals surface area contributed by atoms with Crippen LogP contribution >= 0.6 is 0 Å². The van der Waals surface area contributed by atoms with Crippen molar-refractivity contribution in [2.45, 2.75) is 20.4 Å². The van der Waals surface area contributed by atoms with Crippen molar-refractivity contribution < 1.29 is 13.2 Å². The van der Waals surface area contributed by atoms with Gasteiger partial charge in [0.25, 0.3) is 5.56 Å². The van der Waals surface area contributed by atoms with Crippen molar-refractivity contribution in [2.24, 2.45) is 0 Å². The molecule has 102 valence electrons. The van der Waals surface area contributed by atoms with E-state index >= 15 is 0 Å². The summed E-state index contributed by atoms with van der Waals surface area (Å²) in [7, 11) is -1.72. The lowest BCUT2D eigenvalue weighted by molar-refractivity contribution is 0.411. The molecule has 0 bridgehead atoms. The highest BCUT2D eigenvalue weighted by molar-refractivity contribution is 7.89. The molecule has 0 radical (unpaired) electrons. The van der Waals surface area contributed by atoms with Crippen molar-refractivity contribution in [3.05, 3.63) is 28.2 Å². The van der Waals surface area contributed by atoms with Crippen LogP contribution in [0.2, 0.25) is 0 Å². The zero-order chi connectivity index (χ0) is 13.8. The number of methoxy groups -OCH3 is 1. The molecule has 0 saturated carbocycles. The van der Waals surface area contributed by atoms with Crippen molar-refractivity contribution in [1.82, 2.24) is 9.29 Å². The maximum atomic E-state index is 11.8. The number of rotatable bonds is 6. The Bertz CT molecular complexity index is 563. The lowest BCUT2D eigenvalue weighted by Gasteiger charge is -2.11. The fraction of sp³-hybridized carbons (Fsp3) is 0.545. The van der Waals surface area contributed by atoms with E-state index in [1.54, 1.807) is 19.9 Å². The zero-order valence-corrected chi connectivity index (χ0v) is 11.6. The van der Waals surface area contributed by atoms with Gasteiger partial charge in [-0.1, -0.05) is 0 Å². The molecule has 0 spiro atoms. The molecule has 1 N–H and O–H groups in total. The second kappa shape index (κ2) is 6.01. The molecule has 0 amide bonds. The number of nitrogens with zero attached hydrogens (tertiary/aromatic N) is 1. The molecule has 18 heavy (non-hydrogen) atoms. The molecule has 1 heterocycles. The summed E-state index contributed by atoms with van der Waals surface area (Å²) < 4.78 is 31.4. The number of aromatic nitrogens is 1. The minimum absolute atomic E-state index is 0.0312. The van der Waals surface area contributed by atoms with Crippen LogP contribution in [0.5, 0.6) is 5.75 Å². The van der Waals surface area contributed by atoms with Crippen LogP contribution in [0.3, 0.4) is 0 Å². The standard InChI is InChI=1S/C11H18N2O4S/c1-4-18(15,16)12-5-6-13-9(2)7-10(17-3)8-11(13)14/h7-8,12H,4-6H2,1-3H3. The van der Waals surface area contributed by atoms with E-state index in [4.69, 9.17) is 4.74 Å². The molecule has 1 aromatic heterocycles. The summed E-state index contributed by atoms with van der Waals surface area (Å²) in [4.78, 5) is 11.8. The summed E-state index contributed by atoms with van der Waals surface area (Å²) in [5.41, 5.74) is 0.526. The number of nitrogens with one attached hydrogen (secondary N) is 1. The second-order valence-electron chi connectivity index (χ2n) is 3.82. The van der Waals surface area contributed by atoms with E-state index in [0.717, 1.165) is 5.69 Å². The Morgan fingerprint density at radius 2 is 2.06 bits per heavy atom. The van der Waals surface area contributed by atoms with Gasteiger partial charge in [-0.2, -0.15) is 0 Å². The normalized spacial score (nSPS) is 11.5. The summed E-state index contributed by atoms with van der Waals surface area (Å²) in [6, 6.07) is 3.11. The van der Waals surface area contributed by atoms with Gasteiger partial charge in [0.2, 0.25) is 10.0 Å². The zero-order valence-electron chi connectivity index (χ0n) is 10.8. The van der Waals surface area contributed by atoms with Crippen molar-refractivity contribution in [3.8, 4) is 5.75 Å². The van der Waals surface area contributed by atoms with Gasteiger partial charge >= 0.3 is 0 Å². The Morgan fingerprint density at radius 3 is 2.56 bits per heavy atom. The van der Waals surface area contributed by atoms with Gasteiger partial charge in [0.15, 0.2) is 0 Å². The fourth-order valence-electron chi connectivity index (χ4n) is 1.52. The Morgan fingerprint density at radius 1 is 1.39 bits per heavy atom. The first-order valence-electron chi connectivity index (χ1n) is 5.62. The van der Waals surface area contributed by atoms with Gasteiger partial charge in [-0.3, -0.25) is 4.79 Å². The number of hydrogen-bond acceptors (Lipinski definition) is 4. The summed E-state index contributed by atoms with van der Waals surface area (Å²) in [5.74, 6) is 0.534. The summed E-state index contributed by atoms with van der Waals surface area (Å²) >= 11 is 0. The largest absolute Gasteiger partial charge is 0.496 e. The maximum absolute atomic E-state index is 11.8. The highest BCUT2D eigenvalue weighted by atomic mass is 32.2. The van der Waals surface area contributed by atoms with Gasteiger partial charge in [-0.15, -0.1) is 0 Å². The first-order valence-corrected chi connectivity index (χ1v) is 7.27. The Kier molecular flexibility index (Phi) is 4.92. The average Bonchev–Trinajstić information content (AvgIpc) is 2.32. The minimum Gasteiger partial charge on any atom is -0.496 e. The quantitative estimate of drug-likeness (QED) is 0.798. The molecule has 0 aliphatic rings. The molecule has 1 aromatic rings. The molecule has 0 saturated heterocycles. The molecule has 0 atom stereocenters. The Hall–Kier alpha value is -1.34. The molecular formula is C11H18N2O4S. The topological polar surface area (TPSA) is 77.4 Å². The third-order valence-corrected chi connectivity index (χ3v) is 3.99. The first kappa shape index (κ1) is 14.7. The molecule has 6 nitrogen and oxygen atoms in total. The molecule has 0 fully saturated rings. The smallest absolute Gasteiger partial charge is 0.254 e. The van der Waals surface area contributed by atoms with Crippen LogP contribution in [0.25, 0.3) is 0 Å². The van der Waals surface area contributed by atoms with Crippen LogP contribution in [0.1, 0.15) is 12.6 Å². The lowest BCUT2D eigenvalue weighted by atomic mass is 10.3. The molecule has 1 rings (SSSR count). The second-order valence-corrected chi connectivity index (χ2v) is 5.92. The number of aryl methyl sites for hydroxylation is 1. The van der Waals surface area contributed by atoms with Gasteiger partial charge in [0, 0.05) is 24.8 Å². The number of hydrogen-bond donors (Lipinski definition) is 1. The average molecular weight is 274 g/mol. The third kappa shape index (κ3) is 3.85. The van der Waals surface area contributed by atoms with E-state index in [1.807, 2.05) is 0 Å². The van der Waals surface area contributed by atoms with Crippen molar-refractivity contribution in [1.29, 1.82) is 0 Å². The van der Waals surface area contributed by atoms with E-state index < -0.39 is 10.0 Å². The van der Waals surface area contributed by atoms with Gasteiger partial charge < -0.3 is 9.30 Å². The van der Waals surface area contributed by atoms with Gasteiger partial charge in [0.1, 0.15) is 5.75 Å². The molecule has 0 aliphatic heterocycles. The van der Waals surface area contributed by atoms with Gasteiger partial charge in [0.05, 0.1) is 12.9 Å². The van der Waals surface area contributed by atoms with Crippen LogP contribution in [0.15, 0.2) is 16.9 Å². The van der Waals surface area contributed by atoms with Gasteiger partial charge in [-0.05, 0) is 19.9 Å². The maximum Gasteiger partial charge on any atom is 0.254 e. The highest BCUT2D eigenvalue weighted by Crippen LogP contribution is 2.08. The van der Waals surface area contributed by atoms with Crippen LogP contribution < -0.4 is 15.0 Å². The number of pyridine rings is 1. The minimum atomic E-state index is -3.22. The molecular weight excluding hydrogens is 256 g/mol. The molecule has 0 aliphatic carbocycles. The van der Waals surface area contributed by atoms with Crippen LogP contribution in [0, 0.1) is 6.92 Å². The summed E-state index contributed by atoms with van der Waals surface area (Å²) in [6.07, 6.45) is 0. The lowest BCUT2D eigenvalue weighted by Crippen LogP contribution is -2.32. The van der Waals surface area contributed by atoms with Crippen LogP contribution in [-0.4, -0.2) is 32.4 Å². The van der Waals surface area contributed by atoms with E-state index in [9.17, 15) is 13.2 Å². The molecule has 7 heteroatoms. The highest BCUT2D eigenvalue weighted by Gasteiger charge is 2.07.